The average molecular weight is 299 g/mol. The van der Waals surface area contributed by atoms with Crippen LogP contribution >= 0.6 is 0 Å². The molecule has 0 aliphatic heterocycles. The van der Waals surface area contributed by atoms with E-state index in [0.717, 1.165) is 30.5 Å². The van der Waals surface area contributed by atoms with E-state index in [1.165, 1.54) is 5.56 Å². The number of ether oxygens (including phenoxy) is 1. The van der Waals surface area contributed by atoms with E-state index in [9.17, 15) is 4.79 Å². The molecule has 5 nitrogen and oxygen atoms in total. The van der Waals surface area contributed by atoms with Crippen molar-refractivity contribution in [1.29, 1.82) is 0 Å². The molecular weight excluding hydrogens is 278 g/mol. The SMILES string of the molecule is C[C@H](NC(=O)CO[C@H]1CCCc2cn[nH]c21)c1ccccc1. The summed E-state index contributed by atoms with van der Waals surface area (Å²) in [5, 5.41) is 10.0. The molecule has 0 spiro atoms. The summed E-state index contributed by atoms with van der Waals surface area (Å²) in [6, 6.07) is 9.89. The van der Waals surface area contributed by atoms with Gasteiger partial charge in [0.1, 0.15) is 6.61 Å². The van der Waals surface area contributed by atoms with Crippen LogP contribution in [0.4, 0.5) is 0 Å². The predicted octanol–water partition coefficient (Wildman–Crippen LogP) is 2.68. The van der Waals surface area contributed by atoms with Gasteiger partial charge in [-0.25, -0.2) is 0 Å². The number of hydrogen-bond acceptors (Lipinski definition) is 3. The number of benzene rings is 1. The topological polar surface area (TPSA) is 67.0 Å². The second-order valence-corrected chi connectivity index (χ2v) is 5.70. The number of aromatic amines is 1. The summed E-state index contributed by atoms with van der Waals surface area (Å²) in [5.74, 6) is -0.0945. The molecule has 22 heavy (non-hydrogen) atoms. The number of amides is 1. The lowest BCUT2D eigenvalue weighted by Crippen LogP contribution is -2.31. The Balaban J connectivity index is 1.51. The monoisotopic (exact) mass is 299 g/mol. The Morgan fingerprint density at radius 1 is 1.45 bits per heavy atom. The number of carbonyl (C=O) groups is 1. The number of carbonyl (C=O) groups excluding carboxylic acids is 1. The van der Waals surface area contributed by atoms with Crippen LogP contribution in [0.1, 0.15) is 48.7 Å². The van der Waals surface area contributed by atoms with Gasteiger partial charge in [0.2, 0.25) is 5.91 Å². The van der Waals surface area contributed by atoms with Gasteiger partial charge < -0.3 is 10.1 Å². The molecule has 2 aromatic rings. The first-order valence-electron chi connectivity index (χ1n) is 7.72. The predicted molar refractivity (Wildman–Crippen MR) is 83.2 cm³/mol. The zero-order chi connectivity index (χ0) is 15.4. The molecule has 0 radical (unpaired) electrons. The minimum atomic E-state index is -0.0945. The highest BCUT2D eigenvalue weighted by Gasteiger charge is 2.23. The van der Waals surface area contributed by atoms with E-state index in [0.29, 0.717) is 0 Å². The summed E-state index contributed by atoms with van der Waals surface area (Å²) in [5.41, 5.74) is 3.31. The van der Waals surface area contributed by atoms with Crippen LogP contribution in [0.3, 0.4) is 0 Å². The van der Waals surface area contributed by atoms with E-state index in [-0.39, 0.29) is 24.7 Å². The molecule has 0 saturated carbocycles. The van der Waals surface area contributed by atoms with Gasteiger partial charge in [-0.05, 0) is 37.3 Å². The van der Waals surface area contributed by atoms with E-state index in [1.807, 2.05) is 43.5 Å². The van der Waals surface area contributed by atoms with E-state index < -0.39 is 0 Å². The number of H-pyrrole nitrogens is 1. The van der Waals surface area contributed by atoms with Crippen molar-refractivity contribution in [3.63, 3.8) is 0 Å². The molecule has 3 rings (SSSR count). The van der Waals surface area contributed by atoms with E-state index in [4.69, 9.17) is 4.74 Å². The fourth-order valence-corrected chi connectivity index (χ4v) is 2.87. The third-order valence-corrected chi connectivity index (χ3v) is 4.08. The molecule has 1 heterocycles. The molecule has 1 aromatic carbocycles. The Morgan fingerprint density at radius 3 is 3.09 bits per heavy atom. The number of rotatable bonds is 5. The van der Waals surface area contributed by atoms with Gasteiger partial charge in [-0.1, -0.05) is 30.3 Å². The lowest BCUT2D eigenvalue weighted by Gasteiger charge is -2.22. The standard InChI is InChI=1S/C17H21N3O2/c1-12(13-6-3-2-4-7-13)19-16(21)11-22-15-9-5-8-14-10-18-20-17(14)15/h2-4,6-7,10,12,15H,5,8-9,11H2,1H3,(H,18,20)(H,19,21)/t12-,15-/m0/s1. The number of fused-ring (bicyclic) bond motifs is 1. The van der Waals surface area contributed by atoms with Crippen LogP contribution < -0.4 is 5.32 Å². The summed E-state index contributed by atoms with van der Waals surface area (Å²) < 4.78 is 5.78. The number of aryl methyl sites for hydroxylation is 1. The van der Waals surface area contributed by atoms with Crippen LogP contribution in [0.25, 0.3) is 0 Å². The normalized spacial score (nSPS) is 18.5. The first-order chi connectivity index (χ1) is 10.7. The lowest BCUT2D eigenvalue weighted by molar-refractivity contribution is -0.128. The van der Waals surface area contributed by atoms with Gasteiger partial charge >= 0.3 is 0 Å². The molecule has 2 atom stereocenters. The van der Waals surface area contributed by atoms with Gasteiger partial charge in [0.15, 0.2) is 0 Å². The Hall–Kier alpha value is -2.14. The third kappa shape index (κ3) is 3.36. The lowest BCUT2D eigenvalue weighted by atomic mass is 9.96. The maximum Gasteiger partial charge on any atom is 0.246 e. The second kappa shape index (κ2) is 6.75. The van der Waals surface area contributed by atoms with Crippen LogP contribution in [-0.4, -0.2) is 22.7 Å². The minimum Gasteiger partial charge on any atom is -0.362 e. The van der Waals surface area contributed by atoms with Gasteiger partial charge in [0.05, 0.1) is 24.0 Å². The van der Waals surface area contributed by atoms with Crippen molar-refractivity contribution in [3.8, 4) is 0 Å². The molecule has 1 amide bonds. The van der Waals surface area contributed by atoms with Crippen molar-refractivity contribution in [2.24, 2.45) is 0 Å². The smallest absolute Gasteiger partial charge is 0.246 e. The Bertz CT molecular complexity index is 624. The molecule has 116 valence electrons. The van der Waals surface area contributed by atoms with Crippen molar-refractivity contribution < 1.29 is 9.53 Å². The molecule has 5 heteroatoms. The van der Waals surface area contributed by atoms with Gasteiger partial charge in [-0.3, -0.25) is 9.89 Å². The van der Waals surface area contributed by atoms with Crippen molar-refractivity contribution in [3.05, 3.63) is 53.3 Å². The highest BCUT2D eigenvalue weighted by Crippen LogP contribution is 2.30. The Labute approximate surface area is 130 Å². The van der Waals surface area contributed by atoms with Gasteiger partial charge in [-0.2, -0.15) is 5.10 Å². The first kappa shape index (κ1) is 14.8. The highest BCUT2D eigenvalue weighted by molar-refractivity contribution is 5.77. The van der Waals surface area contributed by atoms with E-state index >= 15 is 0 Å². The zero-order valence-corrected chi connectivity index (χ0v) is 12.7. The first-order valence-corrected chi connectivity index (χ1v) is 7.72. The molecule has 0 fully saturated rings. The van der Waals surface area contributed by atoms with Crippen LogP contribution in [-0.2, 0) is 16.0 Å². The van der Waals surface area contributed by atoms with Crippen molar-refractivity contribution in [2.45, 2.75) is 38.3 Å². The van der Waals surface area contributed by atoms with Gasteiger partial charge in [0, 0.05) is 0 Å². The Morgan fingerprint density at radius 2 is 2.27 bits per heavy atom. The molecule has 1 aliphatic rings. The van der Waals surface area contributed by atoms with Crippen molar-refractivity contribution in [2.75, 3.05) is 6.61 Å². The highest BCUT2D eigenvalue weighted by atomic mass is 16.5. The summed E-state index contributed by atoms with van der Waals surface area (Å²) in [6.07, 6.45) is 4.82. The number of aromatic nitrogens is 2. The van der Waals surface area contributed by atoms with Crippen molar-refractivity contribution in [1.82, 2.24) is 15.5 Å². The fourth-order valence-electron chi connectivity index (χ4n) is 2.87. The second-order valence-electron chi connectivity index (χ2n) is 5.70. The molecular formula is C17H21N3O2. The largest absolute Gasteiger partial charge is 0.362 e. The van der Waals surface area contributed by atoms with Crippen LogP contribution in [0.5, 0.6) is 0 Å². The molecule has 1 aromatic heterocycles. The maximum absolute atomic E-state index is 12.1. The molecule has 2 N–H and O–H groups in total. The van der Waals surface area contributed by atoms with Crippen LogP contribution in [0.2, 0.25) is 0 Å². The quantitative estimate of drug-likeness (QED) is 0.892. The minimum absolute atomic E-state index is 0.0219. The van der Waals surface area contributed by atoms with Gasteiger partial charge in [0.25, 0.3) is 0 Å². The summed E-state index contributed by atoms with van der Waals surface area (Å²) in [4.78, 5) is 12.1. The molecule has 0 bridgehead atoms. The van der Waals surface area contributed by atoms with E-state index in [1.54, 1.807) is 0 Å². The summed E-state index contributed by atoms with van der Waals surface area (Å²) in [7, 11) is 0. The third-order valence-electron chi connectivity index (χ3n) is 4.08. The van der Waals surface area contributed by atoms with Crippen molar-refractivity contribution >= 4 is 5.91 Å². The fraction of sp³-hybridized carbons (Fsp3) is 0.412. The molecule has 0 saturated heterocycles. The average Bonchev–Trinajstić information content (AvgIpc) is 3.03. The van der Waals surface area contributed by atoms with E-state index in [2.05, 4.69) is 15.5 Å². The number of nitrogens with zero attached hydrogens (tertiary/aromatic N) is 1. The van der Waals surface area contributed by atoms with Crippen LogP contribution in [0.15, 0.2) is 36.5 Å². The van der Waals surface area contributed by atoms with Gasteiger partial charge in [-0.15, -0.1) is 0 Å². The Kier molecular flexibility index (Phi) is 4.53. The number of nitrogens with one attached hydrogen (secondary N) is 2. The number of hydrogen-bond donors (Lipinski definition) is 2. The maximum atomic E-state index is 12.1. The summed E-state index contributed by atoms with van der Waals surface area (Å²) in [6.45, 7) is 2.04. The molecule has 0 unspecified atom stereocenters. The van der Waals surface area contributed by atoms with Crippen LogP contribution in [0, 0.1) is 0 Å². The molecule has 1 aliphatic carbocycles. The zero-order valence-electron chi connectivity index (χ0n) is 12.7. The summed E-state index contributed by atoms with van der Waals surface area (Å²) >= 11 is 0.